The first-order valence-corrected chi connectivity index (χ1v) is 50.0. The molecule has 0 aromatic heterocycles. The van der Waals surface area contributed by atoms with Gasteiger partial charge in [0.1, 0.15) is 0 Å². The minimum atomic E-state index is 0.318. The molecule has 0 rings (SSSR count). The van der Waals surface area contributed by atoms with Crippen molar-refractivity contribution in [3.8, 4) is 0 Å². The first kappa shape index (κ1) is 128. The predicted octanol–water partition coefficient (Wildman–Crippen LogP) is 27.2. The molecule has 0 bridgehead atoms. The molecule has 0 atom stereocenters. The maximum absolute atomic E-state index is 5.46. The molecule has 0 aromatic carbocycles. The number of thioether (sulfide) groups is 6. The third kappa shape index (κ3) is 179. The van der Waals surface area contributed by atoms with Crippen molar-refractivity contribution in [1.29, 1.82) is 0 Å². The fourth-order valence-corrected chi connectivity index (χ4v) is 12.4. The molecule has 0 spiro atoms. The van der Waals surface area contributed by atoms with Crippen LogP contribution in [0.15, 0.2) is 12.2 Å². The standard InChI is InChI=1S/C11H22O.2C10H22O2.6C10H22OS/c1-10(2)7-5-6-8-12-9-11(3)4;1-9(2)7-11-5-6-12-8-10(3)4;1-9(2)5-6-11-7-8-12-10(3)4;2*1-9(2)5-7-12-8-6-11-10(3)4;1-9(2)7-11-5-6-12-8-10(3)4;2*1-9(2)8-11-6-5-7-12-10(3)4;1-9(2)11-7-5-6-8-12-10(3)4/h5-6,10-11H,7-9H2,1-4H3;8*9-10H,5-8H2,1-4H3/b6-5-;;;;;;;;. The van der Waals surface area contributed by atoms with Gasteiger partial charge in [-0.25, -0.2) is 0 Å². The van der Waals surface area contributed by atoms with Crippen molar-refractivity contribution in [3.05, 3.63) is 12.2 Å². The second-order valence-electron chi connectivity index (χ2n) is 34.1. The van der Waals surface area contributed by atoms with Gasteiger partial charge in [0.25, 0.3) is 0 Å². The summed E-state index contributed by atoms with van der Waals surface area (Å²) in [5.74, 6) is 18.8. The van der Waals surface area contributed by atoms with Gasteiger partial charge in [-0.3, -0.25) is 0 Å². The summed E-state index contributed by atoms with van der Waals surface area (Å²) in [5, 5.41) is 2.29. The lowest BCUT2D eigenvalue weighted by atomic mass is 10.1. The van der Waals surface area contributed by atoms with Gasteiger partial charge in [0, 0.05) is 83.3 Å². The Kier molecular flexibility index (Phi) is 123. The molecule has 0 saturated heterocycles. The monoisotopic (exact) mass is 1660 g/mol. The van der Waals surface area contributed by atoms with E-state index in [0.717, 1.165) is 194 Å². The van der Waals surface area contributed by atoms with Crippen LogP contribution in [0.2, 0.25) is 0 Å². The molecule has 664 valence electrons. The van der Waals surface area contributed by atoms with Crippen LogP contribution in [-0.4, -0.2) is 211 Å². The van der Waals surface area contributed by atoms with Crippen molar-refractivity contribution in [1.82, 2.24) is 0 Å². The van der Waals surface area contributed by atoms with Crippen LogP contribution < -0.4 is 0 Å². The summed E-state index contributed by atoms with van der Waals surface area (Å²) in [4.78, 5) is 0. The van der Waals surface area contributed by atoms with Crippen LogP contribution in [-0.2, 0) is 52.1 Å². The zero-order valence-corrected chi connectivity index (χ0v) is 84.1. The number of hydrogen-bond donors (Lipinski definition) is 0. The third-order valence-electron chi connectivity index (χ3n) is 12.7. The average molecular weight is 1660 g/mol. The van der Waals surface area contributed by atoms with Crippen molar-refractivity contribution in [2.75, 3.05) is 171 Å². The smallest absolute Gasteiger partial charge is 0.0703 e. The summed E-state index contributed by atoms with van der Waals surface area (Å²) in [6, 6.07) is 0. The second kappa shape index (κ2) is 104. The minimum Gasteiger partial charge on any atom is -0.381 e. The SMILES string of the molecule is CC(C)C/C=C\COCC(C)C.CC(C)CCOCCOC(C)C.CC(C)CCSCCOC(C)C.CC(C)CCSCCOC(C)C.CC(C)COCCCSC(C)C.CC(C)COCCCSC(C)C.CC(C)COCCOCC(C)C.CC(C)COCCSCC(C)C.CC(C)OCCCCSC(C)C. The van der Waals surface area contributed by atoms with Gasteiger partial charge in [-0.05, 0) is 222 Å². The Hall–Kier alpha value is 1.40. The highest BCUT2D eigenvalue weighted by Gasteiger charge is 2.04. The van der Waals surface area contributed by atoms with E-state index >= 15 is 0 Å². The van der Waals surface area contributed by atoms with Crippen LogP contribution in [0, 0.1) is 65.1 Å². The fraction of sp³-hybridized carbons (Fsp3) is 0.978. The predicted molar refractivity (Wildman–Crippen MR) is 504 cm³/mol. The molecule has 11 nitrogen and oxygen atoms in total. The van der Waals surface area contributed by atoms with E-state index in [1.165, 1.54) is 73.0 Å². The lowest BCUT2D eigenvalue weighted by Crippen LogP contribution is -2.10. The van der Waals surface area contributed by atoms with Gasteiger partial charge in [0.2, 0.25) is 0 Å². The van der Waals surface area contributed by atoms with E-state index in [1.54, 1.807) is 0 Å². The Balaban J connectivity index is -0.000000146. The van der Waals surface area contributed by atoms with E-state index in [0.29, 0.717) is 59.9 Å². The first-order chi connectivity index (χ1) is 50.6. The molecular weight excluding hydrogens is 1460 g/mol. The zero-order valence-electron chi connectivity index (χ0n) is 79.2. The molecule has 0 heterocycles. The minimum absolute atomic E-state index is 0.318. The molecule has 0 fully saturated rings. The van der Waals surface area contributed by atoms with Gasteiger partial charge >= 0.3 is 0 Å². The largest absolute Gasteiger partial charge is 0.381 e. The normalized spacial score (nSPS) is 11.6. The zero-order chi connectivity index (χ0) is 84.6. The van der Waals surface area contributed by atoms with Crippen molar-refractivity contribution < 1.29 is 52.1 Å². The van der Waals surface area contributed by atoms with Crippen molar-refractivity contribution in [3.63, 3.8) is 0 Å². The lowest BCUT2D eigenvalue weighted by Gasteiger charge is -2.08. The molecule has 0 aliphatic carbocycles. The van der Waals surface area contributed by atoms with Crippen molar-refractivity contribution >= 4 is 70.6 Å². The topological polar surface area (TPSA) is 102 Å². The summed E-state index contributed by atoms with van der Waals surface area (Å²) in [5.41, 5.74) is 0. The Morgan fingerprint density at radius 2 is 0.528 bits per heavy atom. The average Bonchev–Trinajstić information content (AvgIpc) is 2.47. The number of hydrogen-bond acceptors (Lipinski definition) is 17. The highest BCUT2D eigenvalue weighted by Crippen LogP contribution is 2.15. The molecule has 17 heteroatoms. The molecule has 0 aliphatic heterocycles. The van der Waals surface area contributed by atoms with E-state index < -0.39 is 0 Å². The Labute approximate surface area is 706 Å². The molecule has 0 amide bonds. The quantitative estimate of drug-likeness (QED) is 0.0426. The Morgan fingerprint density at radius 3 is 0.861 bits per heavy atom. The van der Waals surface area contributed by atoms with E-state index in [4.69, 9.17) is 52.1 Å². The number of ether oxygens (including phenoxy) is 11. The van der Waals surface area contributed by atoms with Crippen molar-refractivity contribution in [2.45, 2.75) is 341 Å². The fourth-order valence-electron chi connectivity index (χ4n) is 7.05. The summed E-state index contributed by atoms with van der Waals surface area (Å²) >= 11 is 12.0. The van der Waals surface area contributed by atoms with Gasteiger partial charge in [0.15, 0.2) is 0 Å². The summed E-state index contributed by atoms with van der Waals surface area (Å²) < 4.78 is 59.5. The van der Waals surface area contributed by atoms with Crippen LogP contribution >= 0.6 is 70.6 Å². The molecule has 0 unspecified atom stereocenters. The molecule has 0 N–H and O–H groups in total. The number of unbranched alkanes of at least 4 members (excludes halogenated alkanes) is 1. The maximum Gasteiger partial charge on any atom is 0.0703 e. The Bertz CT molecular complexity index is 1170. The van der Waals surface area contributed by atoms with Crippen LogP contribution in [0.4, 0.5) is 0 Å². The van der Waals surface area contributed by atoms with E-state index in [2.05, 4.69) is 248 Å². The summed E-state index contributed by atoms with van der Waals surface area (Å²) in [6.07, 6.45) is 15.6. The summed E-state index contributed by atoms with van der Waals surface area (Å²) in [6.45, 7) is 93.7. The van der Waals surface area contributed by atoms with E-state index in [-0.39, 0.29) is 0 Å². The lowest BCUT2D eigenvalue weighted by molar-refractivity contribution is 0.0171. The first-order valence-electron chi connectivity index (χ1n) is 43.4. The van der Waals surface area contributed by atoms with E-state index in [1.807, 2.05) is 84.4 Å². The molecular formula is C91H198O11S6. The molecule has 0 radical (unpaired) electrons. The third-order valence-corrected chi connectivity index (χ3v) is 19.5. The van der Waals surface area contributed by atoms with Crippen molar-refractivity contribution in [2.24, 2.45) is 65.1 Å². The number of rotatable bonds is 62. The van der Waals surface area contributed by atoms with Gasteiger partial charge in [-0.15, -0.1) is 0 Å². The van der Waals surface area contributed by atoms with Crippen LogP contribution in [0.25, 0.3) is 0 Å². The summed E-state index contributed by atoms with van der Waals surface area (Å²) in [7, 11) is 0. The molecule has 0 aliphatic rings. The molecule has 0 aromatic rings. The van der Waals surface area contributed by atoms with Crippen LogP contribution in [0.5, 0.6) is 0 Å². The Morgan fingerprint density at radius 1 is 0.213 bits per heavy atom. The van der Waals surface area contributed by atoms with Crippen LogP contribution in [0.1, 0.15) is 301 Å². The number of allylic oxidation sites excluding steroid dienone is 1. The molecule has 108 heavy (non-hydrogen) atoms. The highest BCUT2D eigenvalue weighted by atomic mass is 32.2. The van der Waals surface area contributed by atoms with Gasteiger partial charge < -0.3 is 52.1 Å². The maximum atomic E-state index is 5.46. The highest BCUT2D eigenvalue weighted by molar-refractivity contribution is 8.00. The van der Waals surface area contributed by atoms with E-state index in [9.17, 15) is 0 Å². The second-order valence-corrected chi connectivity index (χ2v) is 42.7. The van der Waals surface area contributed by atoms with Gasteiger partial charge in [-0.2, -0.15) is 70.6 Å². The van der Waals surface area contributed by atoms with Gasteiger partial charge in [0.05, 0.1) is 77.3 Å². The van der Waals surface area contributed by atoms with Crippen LogP contribution in [0.3, 0.4) is 0 Å². The molecule has 0 saturated carbocycles. The van der Waals surface area contributed by atoms with Gasteiger partial charge in [-0.1, -0.05) is 206 Å².